The number of hydrogen-bond acceptors (Lipinski definition) is 2. The summed E-state index contributed by atoms with van der Waals surface area (Å²) >= 11 is 0. The largest absolute Gasteiger partial charge is 0.342 e. The van der Waals surface area contributed by atoms with E-state index in [-0.39, 0.29) is 11.8 Å². The zero-order valence-electron chi connectivity index (χ0n) is 11.5. The topological polar surface area (TPSA) is 40.6 Å². The van der Waals surface area contributed by atoms with E-state index in [0.29, 0.717) is 0 Å². The van der Waals surface area contributed by atoms with Crippen molar-refractivity contribution in [2.75, 3.05) is 27.2 Å². The van der Waals surface area contributed by atoms with Crippen molar-refractivity contribution in [1.82, 2.24) is 9.80 Å². The van der Waals surface area contributed by atoms with Crippen LogP contribution in [0, 0.1) is 0 Å². The molecule has 0 bridgehead atoms. The van der Waals surface area contributed by atoms with Gasteiger partial charge in [0, 0.05) is 27.2 Å². The zero-order valence-corrected chi connectivity index (χ0v) is 11.5. The minimum atomic E-state index is -0.0358. The van der Waals surface area contributed by atoms with E-state index in [0.717, 1.165) is 38.8 Å². The van der Waals surface area contributed by atoms with E-state index in [1.807, 2.05) is 0 Å². The van der Waals surface area contributed by atoms with Crippen LogP contribution in [0.3, 0.4) is 0 Å². The number of hydrogen-bond donors (Lipinski definition) is 0. The first-order chi connectivity index (χ1) is 8.52. The second kappa shape index (κ2) is 9.45. The summed E-state index contributed by atoms with van der Waals surface area (Å²) in [6.45, 7) is 8.41. The van der Waals surface area contributed by atoms with E-state index in [1.54, 1.807) is 23.9 Å². The highest BCUT2D eigenvalue weighted by molar-refractivity contribution is 5.87. The molecule has 0 radical (unpaired) electrons. The van der Waals surface area contributed by atoms with Gasteiger partial charge >= 0.3 is 0 Å². The molecule has 4 nitrogen and oxygen atoms in total. The first-order valence-electron chi connectivity index (χ1n) is 6.28. The van der Waals surface area contributed by atoms with Gasteiger partial charge < -0.3 is 9.80 Å². The summed E-state index contributed by atoms with van der Waals surface area (Å²) in [6, 6.07) is 0. The van der Waals surface area contributed by atoms with E-state index >= 15 is 0 Å². The summed E-state index contributed by atoms with van der Waals surface area (Å²) in [4.78, 5) is 25.7. The highest BCUT2D eigenvalue weighted by Gasteiger charge is 2.04. The third-order valence-electron chi connectivity index (χ3n) is 2.84. The van der Waals surface area contributed by atoms with Crippen LogP contribution in [0.2, 0.25) is 0 Å². The summed E-state index contributed by atoms with van der Waals surface area (Å²) in [5.74, 6) is -0.0716. The highest BCUT2D eigenvalue weighted by atomic mass is 16.2. The molecule has 0 N–H and O–H groups in total. The summed E-state index contributed by atoms with van der Waals surface area (Å²) in [5.41, 5.74) is 0. The maximum atomic E-state index is 11.2. The predicted octanol–water partition coefficient (Wildman–Crippen LogP) is 1.84. The Kier molecular flexibility index (Phi) is 8.62. The molecule has 18 heavy (non-hydrogen) atoms. The van der Waals surface area contributed by atoms with Gasteiger partial charge in [-0.15, -0.1) is 0 Å². The Morgan fingerprint density at radius 2 is 1.17 bits per heavy atom. The quantitative estimate of drug-likeness (QED) is 0.464. The molecule has 2 amide bonds. The van der Waals surface area contributed by atoms with Crippen LogP contribution in [-0.2, 0) is 9.59 Å². The maximum Gasteiger partial charge on any atom is 0.245 e. The smallest absolute Gasteiger partial charge is 0.245 e. The number of rotatable bonds is 9. The standard InChI is InChI=1S/C14H24N2O2/c1-5-13(17)15(3)11-9-7-8-10-12-16(4)14(18)6-2/h5-6H,1-2,7-12H2,3-4H3. The Balaban J connectivity index is 3.52. The number of carbonyl (C=O) groups excluding carboxylic acids is 2. The van der Waals surface area contributed by atoms with E-state index < -0.39 is 0 Å². The molecule has 0 saturated carbocycles. The molecule has 0 aliphatic heterocycles. The van der Waals surface area contributed by atoms with Crippen LogP contribution in [0.1, 0.15) is 25.7 Å². The Hall–Kier alpha value is -1.58. The second-order valence-electron chi connectivity index (χ2n) is 4.34. The SMILES string of the molecule is C=CC(=O)N(C)CCCCCCN(C)C(=O)C=C. The number of unbranched alkanes of at least 4 members (excludes halogenated alkanes) is 3. The lowest BCUT2D eigenvalue weighted by Gasteiger charge is -2.16. The van der Waals surface area contributed by atoms with E-state index in [4.69, 9.17) is 0 Å². The fourth-order valence-electron chi connectivity index (χ4n) is 1.58. The van der Waals surface area contributed by atoms with Gasteiger partial charge in [0.2, 0.25) is 11.8 Å². The van der Waals surface area contributed by atoms with Gasteiger partial charge in [-0.2, -0.15) is 0 Å². The van der Waals surface area contributed by atoms with Crippen molar-refractivity contribution in [3.05, 3.63) is 25.3 Å². The van der Waals surface area contributed by atoms with Crippen molar-refractivity contribution in [3.8, 4) is 0 Å². The van der Waals surface area contributed by atoms with Crippen LogP contribution in [0.4, 0.5) is 0 Å². The minimum absolute atomic E-state index is 0.0358. The van der Waals surface area contributed by atoms with Crippen LogP contribution in [0.15, 0.2) is 25.3 Å². The van der Waals surface area contributed by atoms with Crippen LogP contribution in [-0.4, -0.2) is 48.8 Å². The number of nitrogens with zero attached hydrogens (tertiary/aromatic N) is 2. The highest BCUT2D eigenvalue weighted by Crippen LogP contribution is 2.03. The molecule has 0 spiro atoms. The van der Waals surface area contributed by atoms with Gasteiger partial charge in [0.05, 0.1) is 0 Å². The molecule has 0 saturated heterocycles. The fourth-order valence-corrected chi connectivity index (χ4v) is 1.58. The van der Waals surface area contributed by atoms with E-state index in [1.165, 1.54) is 12.2 Å². The van der Waals surface area contributed by atoms with Gasteiger partial charge in [-0.05, 0) is 25.0 Å². The number of carbonyl (C=O) groups is 2. The molecule has 0 aromatic carbocycles. The minimum Gasteiger partial charge on any atom is -0.342 e. The van der Waals surface area contributed by atoms with E-state index in [9.17, 15) is 9.59 Å². The molecule has 0 aliphatic carbocycles. The van der Waals surface area contributed by atoms with Gasteiger partial charge in [-0.3, -0.25) is 9.59 Å². The Bertz CT molecular complexity index is 270. The van der Waals surface area contributed by atoms with Crippen molar-refractivity contribution in [2.45, 2.75) is 25.7 Å². The molecular weight excluding hydrogens is 228 g/mol. The summed E-state index contributed by atoms with van der Waals surface area (Å²) in [6.07, 6.45) is 6.74. The third kappa shape index (κ3) is 6.89. The van der Waals surface area contributed by atoms with Crippen LogP contribution >= 0.6 is 0 Å². The Labute approximate surface area is 110 Å². The van der Waals surface area contributed by atoms with Crippen LogP contribution in [0.5, 0.6) is 0 Å². The molecule has 0 aliphatic rings. The molecular formula is C14H24N2O2. The first-order valence-corrected chi connectivity index (χ1v) is 6.28. The average Bonchev–Trinajstić information content (AvgIpc) is 2.39. The summed E-state index contributed by atoms with van der Waals surface area (Å²) in [5, 5.41) is 0. The van der Waals surface area contributed by atoms with Crippen LogP contribution in [0.25, 0.3) is 0 Å². The zero-order chi connectivity index (χ0) is 14.0. The molecule has 0 aromatic rings. The normalized spacial score (nSPS) is 9.67. The monoisotopic (exact) mass is 252 g/mol. The van der Waals surface area contributed by atoms with Crippen molar-refractivity contribution in [3.63, 3.8) is 0 Å². The molecule has 0 rings (SSSR count). The molecule has 0 aromatic heterocycles. The maximum absolute atomic E-state index is 11.2. The van der Waals surface area contributed by atoms with Crippen molar-refractivity contribution in [1.29, 1.82) is 0 Å². The molecule has 0 fully saturated rings. The predicted molar refractivity (Wildman–Crippen MR) is 74.1 cm³/mol. The Morgan fingerprint density at radius 3 is 1.44 bits per heavy atom. The van der Waals surface area contributed by atoms with Crippen molar-refractivity contribution < 1.29 is 9.59 Å². The summed E-state index contributed by atoms with van der Waals surface area (Å²) in [7, 11) is 3.56. The fraction of sp³-hybridized carbons (Fsp3) is 0.571. The number of likely N-dealkylation sites (N-methyl/N-ethyl adjacent to an activating group) is 2. The molecule has 0 atom stereocenters. The van der Waals surface area contributed by atoms with Crippen molar-refractivity contribution >= 4 is 11.8 Å². The van der Waals surface area contributed by atoms with Gasteiger partial charge in [-0.25, -0.2) is 0 Å². The second-order valence-corrected chi connectivity index (χ2v) is 4.34. The van der Waals surface area contributed by atoms with Gasteiger partial charge in [-0.1, -0.05) is 26.0 Å². The molecule has 0 unspecified atom stereocenters. The molecule has 0 heterocycles. The van der Waals surface area contributed by atoms with Crippen molar-refractivity contribution in [2.24, 2.45) is 0 Å². The van der Waals surface area contributed by atoms with E-state index in [2.05, 4.69) is 13.2 Å². The lowest BCUT2D eigenvalue weighted by atomic mass is 10.2. The number of amides is 2. The third-order valence-corrected chi connectivity index (χ3v) is 2.84. The lowest BCUT2D eigenvalue weighted by Crippen LogP contribution is -2.26. The molecule has 4 heteroatoms. The average molecular weight is 252 g/mol. The Morgan fingerprint density at radius 1 is 0.833 bits per heavy atom. The van der Waals surface area contributed by atoms with Gasteiger partial charge in [0.25, 0.3) is 0 Å². The summed E-state index contributed by atoms with van der Waals surface area (Å²) < 4.78 is 0. The van der Waals surface area contributed by atoms with Gasteiger partial charge in [0.15, 0.2) is 0 Å². The lowest BCUT2D eigenvalue weighted by molar-refractivity contribution is -0.125. The first kappa shape index (κ1) is 16.4. The van der Waals surface area contributed by atoms with Crippen LogP contribution < -0.4 is 0 Å². The molecule has 102 valence electrons. The van der Waals surface area contributed by atoms with Gasteiger partial charge in [0.1, 0.15) is 0 Å².